The molecule has 0 saturated carbocycles. The van der Waals surface area contributed by atoms with Crippen molar-refractivity contribution in [3.63, 3.8) is 0 Å². The highest BCUT2D eigenvalue weighted by atomic mass is 19.3. The number of halogens is 2. The van der Waals surface area contributed by atoms with Crippen LogP contribution >= 0.6 is 0 Å². The van der Waals surface area contributed by atoms with Crippen LogP contribution in [0.4, 0.5) is 14.5 Å². The number of benzene rings is 2. The first-order valence-corrected chi connectivity index (χ1v) is 8.30. The Morgan fingerprint density at radius 3 is 2.27 bits per heavy atom. The molecule has 1 saturated heterocycles. The lowest BCUT2D eigenvalue weighted by Crippen LogP contribution is -2.48. The summed E-state index contributed by atoms with van der Waals surface area (Å²) in [6.07, 6.45) is 0. The molecule has 0 aliphatic carbocycles. The van der Waals surface area contributed by atoms with E-state index < -0.39 is 6.61 Å². The van der Waals surface area contributed by atoms with E-state index in [4.69, 9.17) is 4.74 Å². The van der Waals surface area contributed by atoms with Crippen molar-refractivity contribution in [2.24, 2.45) is 0 Å². The minimum Gasteiger partial charge on any atom is -0.497 e. The first-order valence-electron chi connectivity index (χ1n) is 8.30. The minimum atomic E-state index is -2.96. The topological polar surface area (TPSA) is 42.0 Å². The number of hydrogen-bond donors (Lipinski definition) is 0. The molecule has 1 aliphatic rings. The zero-order valence-electron chi connectivity index (χ0n) is 14.4. The van der Waals surface area contributed by atoms with Crippen LogP contribution < -0.4 is 14.4 Å². The fraction of sp³-hybridized carbons (Fsp3) is 0.316. The number of carbonyl (C=O) groups is 1. The Balaban J connectivity index is 1.65. The lowest BCUT2D eigenvalue weighted by atomic mass is 10.1. The molecular weight excluding hydrogens is 342 g/mol. The van der Waals surface area contributed by atoms with Crippen molar-refractivity contribution in [1.82, 2.24) is 4.90 Å². The molecule has 0 N–H and O–H groups in total. The van der Waals surface area contributed by atoms with Crippen molar-refractivity contribution in [3.05, 3.63) is 54.1 Å². The van der Waals surface area contributed by atoms with Gasteiger partial charge < -0.3 is 19.3 Å². The zero-order chi connectivity index (χ0) is 18.5. The number of anilines is 1. The lowest BCUT2D eigenvalue weighted by Gasteiger charge is -2.36. The highest BCUT2D eigenvalue weighted by molar-refractivity contribution is 5.97. The van der Waals surface area contributed by atoms with Crippen LogP contribution in [0.2, 0.25) is 0 Å². The SMILES string of the molecule is COc1ccc(N2CCN(C(=O)c3ccccc3OC(F)F)CC2)cc1. The molecular formula is C19H20F2N2O3. The third kappa shape index (κ3) is 4.04. The van der Waals surface area contributed by atoms with E-state index >= 15 is 0 Å². The number of para-hydroxylation sites is 1. The van der Waals surface area contributed by atoms with Crippen LogP contribution in [0.1, 0.15) is 10.4 Å². The summed E-state index contributed by atoms with van der Waals surface area (Å²) in [5.74, 6) is 0.402. The quantitative estimate of drug-likeness (QED) is 0.819. The standard InChI is InChI=1S/C19H20F2N2O3/c1-25-15-8-6-14(7-9-15)22-10-12-23(13-11-22)18(24)16-4-2-3-5-17(16)26-19(20)21/h2-9,19H,10-13H2,1H3. The maximum Gasteiger partial charge on any atom is 0.387 e. The van der Waals surface area contributed by atoms with Crippen molar-refractivity contribution < 1.29 is 23.0 Å². The van der Waals surface area contributed by atoms with Gasteiger partial charge in [0, 0.05) is 31.9 Å². The molecule has 7 heteroatoms. The van der Waals surface area contributed by atoms with Gasteiger partial charge in [0.05, 0.1) is 12.7 Å². The average molecular weight is 362 g/mol. The summed E-state index contributed by atoms with van der Waals surface area (Å²) in [6, 6.07) is 13.8. The summed E-state index contributed by atoms with van der Waals surface area (Å²) in [6.45, 7) is -0.621. The predicted octanol–water partition coefficient (Wildman–Crippen LogP) is 3.26. The number of alkyl halides is 2. The normalized spacial score (nSPS) is 14.5. The Morgan fingerprint density at radius 2 is 1.65 bits per heavy atom. The van der Waals surface area contributed by atoms with Gasteiger partial charge in [-0.05, 0) is 36.4 Å². The van der Waals surface area contributed by atoms with Gasteiger partial charge in [-0.25, -0.2) is 0 Å². The minimum absolute atomic E-state index is 0.0925. The van der Waals surface area contributed by atoms with E-state index in [1.165, 1.54) is 12.1 Å². The van der Waals surface area contributed by atoms with Crippen LogP contribution in [-0.2, 0) is 0 Å². The fourth-order valence-corrected chi connectivity index (χ4v) is 2.97. The summed E-state index contributed by atoms with van der Waals surface area (Å²) < 4.78 is 34.7. The van der Waals surface area contributed by atoms with E-state index in [1.54, 1.807) is 24.1 Å². The zero-order valence-corrected chi connectivity index (χ0v) is 14.4. The molecule has 0 spiro atoms. The van der Waals surface area contributed by atoms with Crippen molar-refractivity contribution in [2.75, 3.05) is 38.2 Å². The summed E-state index contributed by atoms with van der Waals surface area (Å²) in [7, 11) is 1.62. The van der Waals surface area contributed by atoms with Gasteiger partial charge in [0.1, 0.15) is 11.5 Å². The molecule has 2 aromatic rings. The summed E-state index contributed by atoms with van der Waals surface area (Å²) in [4.78, 5) is 16.5. The number of methoxy groups -OCH3 is 1. The van der Waals surface area contributed by atoms with E-state index in [-0.39, 0.29) is 17.2 Å². The Labute approximate surface area is 150 Å². The number of amides is 1. The molecule has 0 radical (unpaired) electrons. The predicted molar refractivity (Wildman–Crippen MR) is 94.2 cm³/mol. The highest BCUT2D eigenvalue weighted by Crippen LogP contribution is 2.24. The van der Waals surface area contributed by atoms with E-state index in [1.807, 2.05) is 24.3 Å². The summed E-state index contributed by atoms with van der Waals surface area (Å²) in [5.41, 5.74) is 1.21. The van der Waals surface area contributed by atoms with Gasteiger partial charge in [-0.3, -0.25) is 4.79 Å². The third-order valence-corrected chi connectivity index (χ3v) is 4.34. The summed E-state index contributed by atoms with van der Waals surface area (Å²) >= 11 is 0. The van der Waals surface area contributed by atoms with Gasteiger partial charge >= 0.3 is 6.61 Å². The molecule has 2 aromatic carbocycles. The van der Waals surface area contributed by atoms with Crippen LogP contribution in [0, 0.1) is 0 Å². The first-order chi connectivity index (χ1) is 12.6. The largest absolute Gasteiger partial charge is 0.497 e. The van der Waals surface area contributed by atoms with E-state index in [9.17, 15) is 13.6 Å². The van der Waals surface area contributed by atoms with Gasteiger partial charge in [0.25, 0.3) is 5.91 Å². The molecule has 1 aliphatic heterocycles. The molecule has 0 aromatic heterocycles. The van der Waals surface area contributed by atoms with Crippen molar-refractivity contribution in [1.29, 1.82) is 0 Å². The maximum absolute atomic E-state index is 12.7. The fourth-order valence-electron chi connectivity index (χ4n) is 2.97. The van der Waals surface area contributed by atoms with Crippen LogP contribution in [0.5, 0.6) is 11.5 Å². The van der Waals surface area contributed by atoms with Gasteiger partial charge in [0.15, 0.2) is 0 Å². The molecule has 1 amide bonds. The van der Waals surface area contributed by atoms with Crippen molar-refractivity contribution >= 4 is 11.6 Å². The Morgan fingerprint density at radius 1 is 1.00 bits per heavy atom. The number of rotatable bonds is 5. The first kappa shape index (κ1) is 18.0. The number of piperazine rings is 1. The number of carbonyl (C=O) groups excluding carboxylic acids is 1. The lowest BCUT2D eigenvalue weighted by molar-refractivity contribution is -0.0502. The molecule has 138 valence electrons. The number of nitrogens with zero attached hydrogens (tertiary/aromatic N) is 2. The number of ether oxygens (including phenoxy) is 2. The van der Waals surface area contributed by atoms with Crippen molar-refractivity contribution in [3.8, 4) is 11.5 Å². The van der Waals surface area contributed by atoms with Gasteiger partial charge in [0.2, 0.25) is 0 Å². The molecule has 5 nitrogen and oxygen atoms in total. The van der Waals surface area contributed by atoms with Crippen LogP contribution in [0.15, 0.2) is 48.5 Å². The Kier molecular flexibility index (Phi) is 5.55. The molecule has 3 rings (SSSR count). The average Bonchev–Trinajstić information content (AvgIpc) is 2.68. The third-order valence-electron chi connectivity index (χ3n) is 4.34. The second-order valence-corrected chi connectivity index (χ2v) is 5.85. The van der Waals surface area contributed by atoms with Gasteiger partial charge in [-0.1, -0.05) is 12.1 Å². The second-order valence-electron chi connectivity index (χ2n) is 5.85. The Bertz CT molecular complexity index is 745. The molecule has 1 fully saturated rings. The molecule has 0 atom stereocenters. The van der Waals surface area contributed by atoms with Crippen LogP contribution in [0.25, 0.3) is 0 Å². The Hall–Kier alpha value is -2.83. The summed E-state index contributed by atoms with van der Waals surface area (Å²) in [5, 5.41) is 0. The smallest absolute Gasteiger partial charge is 0.387 e. The molecule has 26 heavy (non-hydrogen) atoms. The molecule has 1 heterocycles. The molecule has 0 bridgehead atoms. The second kappa shape index (κ2) is 8.03. The van der Waals surface area contributed by atoms with Crippen molar-refractivity contribution in [2.45, 2.75) is 6.61 Å². The van der Waals surface area contributed by atoms with E-state index in [2.05, 4.69) is 9.64 Å². The molecule has 0 unspecified atom stereocenters. The van der Waals surface area contributed by atoms with E-state index in [0.717, 1.165) is 11.4 Å². The van der Waals surface area contributed by atoms with Gasteiger partial charge in [-0.15, -0.1) is 0 Å². The highest BCUT2D eigenvalue weighted by Gasteiger charge is 2.25. The van der Waals surface area contributed by atoms with Gasteiger partial charge in [-0.2, -0.15) is 8.78 Å². The van der Waals surface area contributed by atoms with Crippen LogP contribution in [-0.4, -0.2) is 50.7 Å². The van der Waals surface area contributed by atoms with Crippen LogP contribution in [0.3, 0.4) is 0 Å². The van der Waals surface area contributed by atoms with E-state index in [0.29, 0.717) is 26.2 Å². The maximum atomic E-state index is 12.7. The monoisotopic (exact) mass is 362 g/mol. The number of hydrogen-bond acceptors (Lipinski definition) is 4.